The molecule has 0 bridgehead atoms. The molecule has 0 unspecified atom stereocenters. The molecule has 1 amide bonds. The monoisotopic (exact) mass is 536 g/mol. The molecule has 194 valence electrons. The average Bonchev–Trinajstić information content (AvgIpc) is 3.31. The van der Waals surface area contributed by atoms with Crippen LogP contribution in [0.3, 0.4) is 0 Å². The molecule has 5 rings (SSSR count). The predicted octanol–water partition coefficient (Wildman–Crippen LogP) is 7.68. The Kier molecular flexibility index (Phi) is 8.47. The number of rotatable bonds is 8. The van der Waals surface area contributed by atoms with Crippen LogP contribution in [0.1, 0.15) is 76.9 Å². The third-order valence-electron chi connectivity index (χ3n) is 7.17. The van der Waals surface area contributed by atoms with E-state index in [1.54, 1.807) is 24.7 Å². The standard InChI is InChI=1S/C30H33ClN2O3S/c1-35-25-12-7-8-21(28(25)36-19-20-14-16-22(31)17-15-20)18-32-30-27(24-11-5-6-13-26(24)37-30)29(34)33-23-9-3-2-4-10-23/h7-8,12,14-18,23H,2-6,9-11,13,19H2,1H3,(H,33,34). The van der Waals surface area contributed by atoms with E-state index in [0.717, 1.165) is 53.8 Å². The molecule has 1 aromatic heterocycles. The highest BCUT2D eigenvalue weighted by Crippen LogP contribution is 2.40. The summed E-state index contributed by atoms with van der Waals surface area (Å²) < 4.78 is 11.8. The molecule has 0 saturated heterocycles. The van der Waals surface area contributed by atoms with Crippen LogP contribution in [-0.2, 0) is 19.4 Å². The molecule has 5 nitrogen and oxygen atoms in total. The smallest absolute Gasteiger partial charge is 0.254 e. The fourth-order valence-corrected chi connectivity index (χ4v) is 6.55. The zero-order chi connectivity index (χ0) is 25.6. The SMILES string of the molecule is COc1cccc(C=Nc2sc3c(c2C(=O)NC2CCCCC2)CCCC3)c1OCc1ccc(Cl)cc1. The van der Waals surface area contributed by atoms with Crippen LogP contribution in [0.25, 0.3) is 0 Å². The number of carbonyl (C=O) groups excluding carboxylic acids is 1. The van der Waals surface area contributed by atoms with Crippen molar-refractivity contribution >= 4 is 40.1 Å². The highest BCUT2D eigenvalue weighted by Gasteiger charge is 2.27. The van der Waals surface area contributed by atoms with Crippen molar-refractivity contribution in [1.29, 1.82) is 0 Å². The number of fused-ring (bicyclic) bond motifs is 1. The molecule has 0 atom stereocenters. The fourth-order valence-electron chi connectivity index (χ4n) is 5.20. The minimum absolute atomic E-state index is 0.0308. The van der Waals surface area contributed by atoms with Crippen molar-refractivity contribution < 1.29 is 14.3 Å². The number of amides is 1. The molecule has 1 fully saturated rings. The van der Waals surface area contributed by atoms with Gasteiger partial charge in [-0.15, -0.1) is 11.3 Å². The van der Waals surface area contributed by atoms with E-state index < -0.39 is 0 Å². The summed E-state index contributed by atoms with van der Waals surface area (Å²) in [5.74, 6) is 1.29. The number of ether oxygens (including phenoxy) is 2. The van der Waals surface area contributed by atoms with E-state index in [-0.39, 0.29) is 11.9 Å². The molecular formula is C30H33ClN2O3S. The Labute approximate surface area is 227 Å². The van der Waals surface area contributed by atoms with Crippen molar-refractivity contribution in [3.8, 4) is 11.5 Å². The quantitative estimate of drug-likeness (QED) is 0.300. The van der Waals surface area contributed by atoms with Crippen molar-refractivity contribution in [1.82, 2.24) is 5.32 Å². The number of carbonyl (C=O) groups is 1. The average molecular weight is 537 g/mol. The molecular weight excluding hydrogens is 504 g/mol. The summed E-state index contributed by atoms with van der Waals surface area (Å²) in [6, 6.07) is 13.6. The van der Waals surface area contributed by atoms with Gasteiger partial charge in [0.1, 0.15) is 11.6 Å². The zero-order valence-electron chi connectivity index (χ0n) is 21.2. The van der Waals surface area contributed by atoms with Gasteiger partial charge in [-0.3, -0.25) is 4.79 Å². The third-order valence-corrected chi connectivity index (χ3v) is 8.62. The Hall–Kier alpha value is -2.83. The minimum Gasteiger partial charge on any atom is -0.493 e. The van der Waals surface area contributed by atoms with Crippen LogP contribution in [0.5, 0.6) is 11.5 Å². The summed E-state index contributed by atoms with van der Waals surface area (Å²) in [7, 11) is 1.63. The van der Waals surface area contributed by atoms with E-state index in [4.69, 9.17) is 26.1 Å². The second kappa shape index (κ2) is 12.1. The number of aryl methyl sites for hydroxylation is 1. The molecule has 0 spiro atoms. The maximum Gasteiger partial charge on any atom is 0.254 e. The molecule has 2 aromatic carbocycles. The van der Waals surface area contributed by atoms with Gasteiger partial charge in [-0.05, 0) is 73.9 Å². The molecule has 0 aliphatic heterocycles. The number of nitrogens with one attached hydrogen (secondary N) is 1. The van der Waals surface area contributed by atoms with Crippen molar-refractivity contribution in [3.05, 3.63) is 74.6 Å². The van der Waals surface area contributed by atoms with Gasteiger partial charge in [0.25, 0.3) is 5.91 Å². The lowest BCUT2D eigenvalue weighted by molar-refractivity contribution is 0.0927. The maximum atomic E-state index is 13.5. The topological polar surface area (TPSA) is 59.9 Å². The van der Waals surface area contributed by atoms with Crippen LogP contribution >= 0.6 is 22.9 Å². The van der Waals surface area contributed by atoms with Crippen LogP contribution in [-0.4, -0.2) is 25.3 Å². The molecule has 1 N–H and O–H groups in total. The van der Waals surface area contributed by atoms with Gasteiger partial charge in [-0.25, -0.2) is 4.99 Å². The summed E-state index contributed by atoms with van der Waals surface area (Å²) in [6.07, 6.45) is 11.8. The number of benzene rings is 2. The van der Waals surface area contributed by atoms with Crippen molar-refractivity contribution in [2.75, 3.05) is 7.11 Å². The number of para-hydroxylation sites is 1. The first-order chi connectivity index (χ1) is 18.1. The zero-order valence-corrected chi connectivity index (χ0v) is 22.8. The predicted molar refractivity (Wildman–Crippen MR) is 151 cm³/mol. The lowest BCUT2D eigenvalue weighted by Gasteiger charge is -2.23. The van der Waals surface area contributed by atoms with E-state index in [1.807, 2.05) is 42.5 Å². The van der Waals surface area contributed by atoms with Gasteiger partial charge in [0.15, 0.2) is 11.5 Å². The Balaban J connectivity index is 1.42. The van der Waals surface area contributed by atoms with Crippen molar-refractivity contribution in [2.45, 2.75) is 70.4 Å². The Bertz CT molecular complexity index is 1260. The fraction of sp³-hybridized carbons (Fsp3) is 0.400. The Morgan fingerprint density at radius 2 is 1.86 bits per heavy atom. The van der Waals surface area contributed by atoms with Gasteiger partial charge in [0.2, 0.25) is 0 Å². The van der Waals surface area contributed by atoms with Crippen molar-refractivity contribution in [3.63, 3.8) is 0 Å². The van der Waals surface area contributed by atoms with Crippen LogP contribution in [0.4, 0.5) is 5.00 Å². The lowest BCUT2D eigenvalue weighted by atomic mass is 9.93. The molecule has 2 aliphatic carbocycles. The number of hydrogen-bond donors (Lipinski definition) is 1. The summed E-state index contributed by atoms with van der Waals surface area (Å²) in [5.41, 5.74) is 3.78. The van der Waals surface area contributed by atoms with Gasteiger partial charge in [-0.1, -0.05) is 49.1 Å². The molecule has 37 heavy (non-hydrogen) atoms. The number of methoxy groups -OCH3 is 1. The number of thiophene rings is 1. The van der Waals surface area contributed by atoms with Gasteiger partial charge in [-0.2, -0.15) is 0 Å². The van der Waals surface area contributed by atoms with E-state index in [2.05, 4.69) is 5.32 Å². The number of halogens is 1. The molecule has 1 heterocycles. The maximum absolute atomic E-state index is 13.5. The Morgan fingerprint density at radius 1 is 1.08 bits per heavy atom. The highest BCUT2D eigenvalue weighted by atomic mass is 35.5. The van der Waals surface area contributed by atoms with Crippen LogP contribution < -0.4 is 14.8 Å². The summed E-state index contributed by atoms with van der Waals surface area (Å²) in [4.78, 5) is 19.7. The molecule has 0 radical (unpaired) electrons. The molecule has 7 heteroatoms. The van der Waals surface area contributed by atoms with Gasteiger partial charge >= 0.3 is 0 Å². The third kappa shape index (κ3) is 6.19. The summed E-state index contributed by atoms with van der Waals surface area (Å²) in [5, 5.41) is 4.80. The van der Waals surface area contributed by atoms with Crippen LogP contribution in [0.15, 0.2) is 47.5 Å². The van der Waals surface area contributed by atoms with Gasteiger partial charge < -0.3 is 14.8 Å². The molecule has 3 aromatic rings. The van der Waals surface area contributed by atoms with E-state index in [0.29, 0.717) is 23.1 Å². The Morgan fingerprint density at radius 3 is 2.65 bits per heavy atom. The number of hydrogen-bond acceptors (Lipinski definition) is 5. The first kappa shape index (κ1) is 25.8. The number of aliphatic imine (C=N–C) groups is 1. The highest BCUT2D eigenvalue weighted by molar-refractivity contribution is 7.16. The van der Waals surface area contributed by atoms with Gasteiger partial charge in [0, 0.05) is 27.7 Å². The van der Waals surface area contributed by atoms with Crippen LogP contribution in [0.2, 0.25) is 5.02 Å². The van der Waals surface area contributed by atoms with Crippen molar-refractivity contribution in [2.24, 2.45) is 4.99 Å². The second-order valence-electron chi connectivity index (χ2n) is 9.75. The number of nitrogens with zero attached hydrogens (tertiary/aromatic N) is 1. The van der Waals surface area contributed by atoms with Crippen LogP contribution in [0, 0.1) is 0 Å². The summed E-state index contributed by atoms with van der Waals surface area (Å²) >= 11 is 7.68. The second-order valence-corrected chi connectivity index (χ2v) is 11.3. The molecule has 2 aliphatic rings. The summed E-state index contributed by atoms with van der Waals surface area (Å²) in [6.45, 7) is 0.376. The van der Waals surface area contributed by atoms with E-state index in [1.165, 1.54) is 36.1 Å². The van der Waals surface area contributed by atoms with E-state index in [9.17, 15) is 4.79 Å². The first-order valence-corrected chi connectivity index (χ1v) is 14.4. The lowest BCUT2D eigenvalue weighted by Crippen LogP contribution is -2.36. The first-order valence-electron chi connectivity index (χ1n) is 13.2. The van der Waals surface area contributed by atoms with Gasteiger partial charge in [0.05, 0.1) is 12.7 Å². The van der Waals surface area contributed by atoms with E-state index >= 15 is 0 Å². The molecule has 1 saturated carbocycles. The normalized spacial score (nSPS) is 15.9. The largest absolute Gasteiger partial charge is 0.493 e. The minimum atomic E-state index is 0.0308.